The van der Waals surface area contributed by atoms with Gasteiger partial charge in [0.1, 0.15) is 13.2 Å². The van der Waals surface area contributed by atoms with Crippen LogP contribution in [0.2, 0.25) is 0 Å². The summed E-state index contributed by atoms with van der Waals surface area (Å²) < 4.78 is 36.0. The van der Waals surface area contributed by atoms with E-state index in [0.29, 0.717) is 47.4 Å². The molecule has 2 aromatic carbocycles. The van der Waals surface area contributed by atoms with Gasteiger partial charge in [-0.3, -0.25) is 0 Å². The Morgan fingerprint density at radius 1 is 1.19 bits per heavy atom. The molecule has 164 valence electrons. The van der Waals surface area contributed by atoms with Crippen molar-refractivity contribution in [1.29, 1.82) is 0 Å². The molecule has 2 aliphatic heterocycles. The van der Waals surface area contributed by atoms with Crippen LogP contribution in [0.3, 0.4) is 0 Å². The molecule has 10 heteroatoms. The largest absolute Gasteiger partial charge is 0.486 e. The van der Waals surface area contributed by atoms with Crippen molar-refractivity contribution in [1.82, 2.24) is 9.97 Å². The zero-order chi connectivity index (χ0) is 22.1. The zero-order valence-corrected chi connectivity index (χ0v) is 17.1. The Hall–Kier alpha value is -4.08. The predicted molar refractivity (Wildman–Crippen MR) is 112 cm³/mol. The van der Waals surface area contributed by atoms with Crippen molar-refractivity contribution in [3.63, 3.8) is 0 Å². The molecule has 1 unspecified atom stereocenters. The van der Waals surface area contributed by atoms with Crippen molar-refractivity contribution >= 4 is 29.1 Å². The molecule has 9 nitrogen and oxygen atoms in total. The third-order valence-electron chi connectivity index (χ3n) is 4.86. The lowest BCUT2D eigenvalue weighted by Crippen LogP contribution is -2.29. The van der Waals surface area contributed by atoms with Gasteiger partial charge in [-0.05, 0) is 25.1 Å². The van der Waals surface area contributed by atoms with Crippen molar-refractivity contribution in [2.75, 3.05) is 30.5 Å². The molecule has 0 aliphatic carbocycles. The molecule has 32 heavy (non-hydrogen) atoms. The van der Waals surface area contributed by atoms with E-state index >= 15 is 0 Å². The second-order valence-corrected chi connectivity index (χ2v) is 6.97. The average Bonchev–Trinajstić information content (AvgIpc) is 2.77. The Balaban J connectivity index is 1.35. The number of esters is 1. The van der Waals surface area contributed by atoms with Gasteiger partial charge in [0.05, 0.1) is 18.5 Å². The molecular weight excluding hydrogens is 419 g/mol. The van der Waals surface area contributed by atoms with Gasteiger partial charge in [-0.1, -0.05) is 12.1 Å². The van der Waals surface area contributed by atoms with Crippen LogP contribution in [0.25, 0.3) is 0 Å². The molecule has 0 saturated heterocycles. The van der Waals surface area contributed by atoms with Crippen LogP contribution in [0.5, 0.6) is 17.2 Å². The smallest absolute Gasteiger partial charge is 0.352 e. The number of carbonyl (C=O) groups is 1. The van der Waals surface area contributed by atoms with E-state index in [0.717, 1.165) is 6.20 Å². The maximum atomic E-state index is 14.4. The number of aromatic nitrogens is 2. The number of anilines is 4. The molecule has 0 bridgehead atoms. The molecule has 0 spiro atoms. The van der Waals surface area contributed by atoms with Crippen LogP contribution in [0.1, 0.15) is 18.6 Å². The normalized spacial score (nSPS) is 15.6. The van der Waals surface area contributed by atoms with Crippen molar-refractivity contribution in [3.8, 4) is 17.2 Å². The van der Waals surface area contributed by atoms with Gasteiger partial charge in [0.25, 0.3) is 0 Å². The van der Waals surface area contributed by atoms with Crippen molar-refractivity contribution < 1.29 is 28.1 Å². The number of fused-ring (bicyclic) bond motifs is 2. The van der Waals surface area contributed by atoms with E-state index in [1.165, 1.54) is 0 Å². The van der Waals surface area contributed by atoms with E-state index in [1.807, 2.05) is 0 Å². The third-order valence-corrected chi connectivity index (χ3v) is 4.86. The molecule has 1 atom stereocenters. The molecule has 3 aromatic rings. The van der Waals surface area contributed by atoms with Crippen LogP contribution in [-0.2, 0) is 9.53 Å². The summed E-state index contributed by atoms with van der Waals surface area (Å²) in [6.45, 7) is 2.95. The maximum Gasteiger partial charge on any atom is 0.352 e. The van der Waals surface area contributed by atoms with E-state index in [9.17, 15) is 9.18 Å². The fourth-order valence-corrected chi connectivity index (χ4v) is 3.40. The first-order valence-corrected chi connectivity index (χ1v) is 10.0. The summed E-state index contributed by atoms with van der Waals surface area (Å²) in [5.74, 6) is 0.787. The minimum atomic E-state index is -0.756. The number of hydrogen-bond donors (Lipinski definition) is 2. The summed E-state index contributed by atoms with van der Waals surface area (Å²) in [4.78, 5) is 20.2. The number of nitrogens with one attached hydrogen (secondary N) is 2. The quantitative estimate of drug-likeness (QED) is 0.555. The number of halogens is 1. The van der Waals surface area contributed by atoms with Crippen LogP contribution < -0.4 is 24.8 Å². The average molecular weight is 438 g/mol. The predicted octanol–water partition coefficient (Wildman–Crippen LogP) is 3.87. The maximum absolute atomic E-state index is 14.4. The molecule has 0 radical (unpaired) electrons. The number of carbonyl (C=O) groups excluding carboxylic acids is 1. The van der Waals surface area contributed by atoms with Crippen LogP contribution in [0.15, 0.2) is 42.6 Å². The molecule has 2 aliphatic rings. The van der Waals surface area contributed by atoms with E-state index < -0.39 is 17.9 Å². The van der Waals surface area contributed by atoms with Crippen molar-refractivity contribution in [2.24, 2.45) is 0 Å². The van der Waals surface area contributed by atoms with Crippen LogP contribution >= 0.6 is 0 Å². The van der Waals surface area contributed by atoms with Gasteiger partial charge in [-0.2, -0.15) is 4.98 Å². The van der Waals surface area contributed by atoms with E-state index in [-0.39, 0.29) is 18.4 Å². The molecule has 3 heterocycles. The molecule has 0 fully saturated rings. The van der Waals surface area contributed by atoms with Gasteiger partial charge in [-0.25, -0.2) is 14.2 Å². The summed E-state index contributed by atoms with van der Waals surface area (Å²) in [6, 6.07) is 10.5. The van der Waals surface area contributed by atoms with Gasteiger partial charge in [0, 0.05) is 17.3 Å². The SMILES string of the molecule is CCOC(=O)C1Oc2c(Nc3ncc(F)c(Nc4ccc5c(c4)OCCO5)n3)cccc21. The van der Waals surface area contributed by atoms with E-state index in [1.54, 1.807) is 43.3 Å². The molecule has 1 aromatic heterocycles. The molecule has 0 saturated carbocycles. The Morgan fingerprint density at radius 2 is 2.03 bits per heavy atom. The molecular formula is C22H19FN4O5. The van der Waals surface area contributed by atoms with Gasteiger partial charge < -0.3 is 29.6 Å². The highest BCUT2D eigenvalue weighted by molar-refractivity contribution is 5.84. The lowest BCUT2D eigenvalue weighted by atomic mass is 10.0. The number of para-hydroxylation sites is 1. The minimum Gasteiger partial charge on any atom is -0.486 e. The number of hydrogen-bond acceptors (Lipinski definition) is 9. The van der Waals surface area contributed by atoms with Crippen LogP contribution in [0.4, 0.5) is 27.5 Å². The Kier molecular flexibility index (Phi) is 5.10. The summed E-state index contributed by atoms with van der Waals surface area (Å²) in [6.07, 6.45) is 0.307. The summed E-state index contributed by atoms with van der Waals surface area (Å²) in [7, 11) is 0. The first-order valence-electron chi connectivity index (χ1n) is 10.0. The van der Waals surface area contributed by atoms with E-state index in [2.05, 4.69) is 20.6 Å². The lowest BCUT2D eigenvalue weighted by Gasteiger charge is -2.31. The summed E-state index contributed by atoms with van der Waals surface area (Å²) in [5, 5.41) is 5.94. The Morgan fingerprint density at radius 3 is 2.88 bits per heavy atom. The summed E-state index contributed by atoms with van der Waals surface area (Å²) in [5.41, 5.74) is 1.84. The second-order valence-electron chi connectivity index (χ2n) is 6.97. The lowest BCUT2D eigenvalue weighted by molar-refractivity contribution is -0.154. The monoisotopic (exact) mass is 438 g/mol. The van der Waals surface area contributed by atoms with Crippen molar-refractivity contribution in [3.05, 3.63) is 54.0 Å². The molecule has 2 N–H and O–H groups in total. The second kappa shape index (κ2) is 8.22. The fraction of sp³-hybridized carbons (Fsp3) is 0.227. The Bertz CT molecular complexity index is 1190. The first-order chi connectivity index (χ1) is 15.6. The number of nitrogens with zero attached hydrogens (tertiary/aromatic N) is 2. The van der Waals surface area contributed by atoms with E-state index in [4.69, 9.17) is 18.9 Å². The van der Waals surface area contributed by atoms with Gasteiger partial charge >= 0.3 is 5.97 Å². The molecule has 5 rings (SSSR count). The van der Waals surface area contributed by atoms with Crippen molar-refractivity contribution in [2.45, 2.75) is 13.0 Å². The third kappa shape index (κ3) is 3.70. The van der Waals surface area contributed by atoms with Gasteiger partial charge in [-0.15, -0.1) is 0 Å². The summed E-state index contributed by atoms with van der Waals surface area (Å²) >= 11 is 0. The number of benzene rings is 2. The minimum absolute atomic E-state index is 0.0146. The topological polar surface area (TPSA) is 104 Å². The fourth-order valence-electron chi connectivity index (χ4n) is 3.40. The highest BCUT2D eigenvalue weighted by Gasteiger charge is 2.37. The molecule has 0 amide bonds. The zero-order valence-electron chi connectivity index (χ0n) is 17.1. The Labute approximate surface area is 182 Å². The first kappa shape index (κ1) is 19.9. The number of rotatable bonds is 6. The van der Waals surface area contributed by atoms with Crippen LogP contribution in [0, 0.1) is 5.82 Å². The highest BCUT2D eigenvalue weighted by atomic mass is 19.1. The van der Waals surface area contributed by atoms with Gasteiger partial charge in [0.15, 0.2) is 28.9 Å². The number of ether oxygens (including phenoxy) is 4. The van der Waals surface area contributed by atoms with Crippen LogP contribution in [-0.4, -0.2) is 35.8 Å². The highest BCUT2D eigenvalue weighted by Crippen LogP contribution is 2.45. The standard InChI is InChI=1S/C22H19FN4O5/c1-2-29-21(28)19-13-4-3-5-15(18(13)32-19)26-22-24-11-14(23)20(27-22)25-12-6-7-16-17(10-12)31-9-8-30-16/h3-7,10-11,19H,2,8-9H2,1H3,(H2,24,25,26,27). The van der Waals surface area contributed by atoms with Gasteiger partial charge in [0.2, 0.25) is 12.1 Å².